The van der Waals surface area contributed by atoms with E-state index >= 15 is 0 Å². The van der Waals surface area contributed by atoms with Gasteiger partial charge in [0.15, 0.2) is 0 Å². The molecule has 0 fully saturated rings. The number of rotatable bonds is 4. The summed E-state index contributed by atoms with van der Waals surface area (Å²) in [5.74, 6) is -1.86. The summed E-state index contributed by atoms with van der Waals surface area (Å²) >= 11 is 11.8. The number of hydrogen-bond acceptors (Lipinski definition) is 4. The van der Waals surface area contributed by atoms with Crippen molar-refractivity contribution in [1.82, 2.24) is 0 Å². The number of fused-ring (bicyclic) bond motifs is 1. The fraction of sp³-hybridized carbons (Fsp3) is 0.0870. The molecule has 33 heavy (non-hydrogen) atoms. The Balaban J connectivity index is 0.00000204. The summed E-state index contributed by atoms with van der Waals surface area (Å²) in [4.78, 5) is 13.1. The zero-order chi connectivity index (χ0) is 22.9. The molecule has 0 radical (unpaired) electrons. The zero-order valence-electron chi connectivity index (χ0n) is 18.6. The van der Waals surface area contributed by atoms with Gasteiger partial charge in [0.2, 0.25) is 10.0 Å². The van der Waals surface area contributed by atoms with Crippen molar-refractivity contribution in [1.29, 1.82) is 0 Å². The first-order chi connectivity index (χ1) is 15.2. The first-order valence-corrected chi connectivity index (χ1v) is 11.9. The van der Waals surface area contributed by atoms with Gasteiger partial charge >= 0.3 is 29.6 Å². The summed E-state index contributed by atoms with van der Waals surface area (Å²) in [5, 5.41) is 14.5. The van der Waals surface area contributed by atoms with E-state index in [2.05, 4.69) is 5.32 Å². The quantitative estimate of drug-likeness (QED) is 0.525. The average Bonchev–Trinajstić information content (AvgIpc) is 2.83. The predicted octanol–water partition coefficient (Wildman–Crippen LogP) is 2.37. The van der Waals surface area contributed by atoms with Gasteiger partial charge in [-0.05, 0) is 48.0 Å². The molecule has 1 amide bonds. The van der Waals surface area contributed by atoms with Crippen LogP contribution in [0.2, 0.25) is 10.0 Å². The summed E-state index contributed by atoms with van der Waals surface area (Å²) < 4.78 is 27.5. The number of sulfonamides is 1. The molecule has 1 aliphatic heterocycles. The summed E-state index contributed by atoms with van der Waals surface area (Å²) in [5.41, 5.74) is 1.68. The molecule has 1 heterocycles. The number of nitrogens with zero attached hydrogens (tertiary/aromatic N) is 1. The minimum absolute atomic E-state index is 0. The van der Waals surface area contributed by atoms with Gasteiger partial charge < -0.3 is 11.8 Å². The summed E-state index contributed by atoms with van der Waals surface area (Å²) in [6.45, 7) is 0.0237. The van der Waals surface area contributed by atoms with E-state index in [0.29, 0.717) is 32.5 Å². The molecule has 3 aromatic carbocycles. The van der Waals surface area contributed by atoms with Crippen molar-refractivity contribution < 1.29 is 49.3 Å². The molecule has 0 unspecified atom stereocenters. The molecule has 0 bridgehead atoms. The minimum Gasteiger partial charge on any atom is -1.00 e. The average molecular weight is 513 g/mol. The first kappa shape index (κ1) is 25.6. The Labute approximate surface area is 225 Å². The van der Waals surface area contributed by atoms with Gasteiger partial charge in [-0.15, -0.1) is 0 Å². The third-order valence-corrected chi connectivity index (χ3v) is 7.09. The molecule has 0 spiro atoms. The number of carbonyl (C=O) groups is 1. The fourth-order valence-corrected chi connectivity index (χ4v) is 5.15. The van der Waals surface area contributed by atoms with Gasteiger partial charge in [-0.3, -0.25) is 9.10 Å². The smallest absolute Gasteiger partial charge is 1.00 e. The molecule has 0 saturated carbocycles. The Hall–Kier alpha value is -2.00. The summed E-state index contributed by atoms with van der Waals surface area (Å²) in [6, 6.07) is 19.8. The molecule has 0 aliphatic carbocycles. The molecule has 0 saturated heterocycles. The SMILES string of the molecule is O=C(Nc1ccc(Cl)cc1)C1=C(O)CS(=O)(=O)N(Cc2ccc(Cl)cc2)c2ccccc21.[H-].[Na+]. The number of benzene rings is 3. The molecule has 1 aliphatic rings. The predicted molar refractivity (Wildman–Crippen MR) is 129 cm³/mol. The number of carbonyl (C=O) groups excluding carboxylic acids is 1. The maximum atomic E-state index is 13.2. The van der Waals surface area contributed by atoms with E-state index in [-0.39, 0.29) is 43.1 Å². The van der Waals surface area contributed by atoms with Crippen molar-refractivity contribution in [2.75, 3.05) is 15.4 Å². The van der Waals surface area contributed by atoms with E-state index in [1.54, 1.807) is 72.8 Å². The molecular weight excluding hydrogens is 494 g/mol. The van der Waals surface area contributed by atoms with Gasteiger partial charge in [0.05, 0.1) is 17.8 Å². The largest absolute Gasteiger partial charge is 1.00 e. The van der Waals surface area contributed by atoms with Crippen LogP contribution in [0, 0.1) is 0 Å². The minimum atomic E-state index is -3.98. The van der Waals surface area contributed by atoms with Crippen molar-refractivity contribution in [3.8, 4) is 0 Å². The summed E-state index contributed by atoms with van der Waals surface area (Å²) in [6.07, 6.45) is 0. The maximum absolute atomic E-state index is 13.2. The summed E-state index contributed by atoms with van der Waals surface area (Å²) in [7, 11) is -3.98. The second kappa shape index (κ2) is 10.5. The van der Waals surface area contributed by atoms with Crippen molar-refractivity contribution in [3.63, 3.8) is 0 Å². The van der Waals surface area contributed by atoms with Crippen LogP contribution in [0.15, 0.2) is 78.6 Å². The molecule has 166 valence electrons. The van der Waals surface area contributed by atoms with Crippen LogP contribution >= 0.6 is 23.2 Å². The number of aliphatic hydroxyl groups is 1. The molecule has 6 nitrogen and oxygen atoms in total. The maximum Gasteiger partial charge on any atom is 1.00 e. The van der Waals surface area contributed by atoms with Crippen LogP contribution in [-0.4, -0.2) is 25.2 Å². The molecule has 3 aromatic rings. The third kappa shape index (κ3) is 5.74. The van der Waals surface area contributed by atoms with Gasteiger partial charge in [-0.25, -0.2) is 8.42 Å². The Morgan fingerprint density at radius 2 is 1.55 bits per heavy atom. The Kier molecular flexibility index (Phi) is 8.16. The number of aliphatic hydroxyl groups excluding tert-OH is 1. The molecule has 10 heteroatoms. The van der Waals surface area contributed by atoms with E-state index in [1.165, 1.54) is 4.31 Å². The van der Waals surface area contributed by atoms with Crippen molar-refractivity contribution >= 4 is 56.1 Å². The van der Waals surface area contributed by atoms with E-state index in [4.69, 9.17) is 23.2 Å². The van der Waals surface area contributed by atoms with Crippen molar-refractivity contribution in [2.24, 2.45) is 0 Å². The third-order valence-electron chi connectivity index (χ3n) is 4.95. The molecule has 2 N–H and O–H groups in total. The van der Waals surface area contributed by atoms with Crippen LogP contribution in [0.1, 0.15) is 12.6 Å². The second-order valence-corrected chi connectivity index (χ2v) is 9.96. The fourth-order valence-electron chi connectivity index (χ4n) is 3.45. The van der Waals surface area contributed by atoms with E-state index in [0.717, 1.165) is 0 Å². The Morgan fingerprint density at radius 1 is 0.970 bits per heavy atom. The number of anilines is 2. The standard InChI is InChI=1S/C23H18Cl2N2O4S.Na.H/c24-16-7-5-15(6-8-16)13-27-20-4-2-1-3-19(20)22(21(28)14-32(27,30)31)23(29)26-18-11-9-17(25)10-12-18;;/h1-12,28H,13-14H2,(H,26,29);;/q;+1;-1. The first-order valence-electron chi connectivity index (χ1n) is 9.58. The Bertz CT molecular complexity index is 1320. The van der Waals surface area contributed by atoms with Crippen LogP contribution in [0.25, 0.3) is 5.57 Å². The number of amides is 1. The van der Waals surface area contributed by atoms with E-state index < -0.39 is 27.4 Å². The van der Waals surface area contributed by atoms with Crippen LogP contribution in [0.4, 0.5) is 11.4 Å². The van der Waals surface area contributed by atoms with E-state index in [1.807, 2.05) is 0 Å². The molecular formula is C23H19Cl2N2NaO4S. The molecule has 4 rings (SSSR count). The van der Waals surface area contributed by atoms with Crippen LogP contribution < -0.4 is 39.2 Å². The topological polar surface area (TPSA) is 86.7 Å². The second-order valence-electron chi connectivity index (χ2n) is 7.19. The normalized spacial score (nSPS) is 14.7. The van der Waals surface area contributed by atoms with Gasteiger partial charge in [0, 0.05) is 21.3 Å². The van der Waals surface area contributed by atoms with Gasteiger partial charge in [0.1, 0.15) is 11.5 Å². The van der Waals surface area contributed by atoms with Crippen LogP contribution in [0.5, 0.6) is 0 Å². The van der Waals surface area contributed by atoms with Crippen molar-refractivity contribution in [3.05, 3.63) is 99.7 Å². The van der Waals surface area contributed by atoms with Crippen LogP contribution in [-0.2, 0) is 21.4 Å². The Morgan fingerprint density at radius 3 is 2.18 bits per heavy atom. The number of hydrogen-bond donors (Lipinski definition) is 2. The molecule has 0 aromatic heterocycles. The zero-order valence-corrected chi connectivity index (χ0v) is 22.0. The number of nitrogens with one attached hydrogen (secondary N) is 1. The van der Waals surface area contributed by atoms with Gasteiger partial charge in [-0.1, -0.05) is 53.5 Å². The molecule has 0 atom stereocenters. The van der Waals surface area contributed by atoms with Gasteiger partial charge in [-0.2, -0.15) is 0 Å². The van der Waals surface area contributed by atoms with Crippen LogP contribution in [0.3, 0.4) is 0 Å². The number of halogens is 2. The van der Waals surface area contributed by atoms with Crippen molar-refractivity contribution in [2.45, 2.75) is 6.54 Å². The number of para-hydroxylation sites is 1. The monoisotopic (exact) mass is 512 g/mol. The van der Waals surface area contributed by atoms with E-state index in [9.17, 15) is 18.3 Å². The van der Waals surface area contributed by atoms with Gasteiger partial charge in [0.25, 0.3) is 5.91 Å².